The molecule has 6 nitrogen and oxygen atoms in total. The number of nitrogens with one attached hydrogen (secondary N) is 1. The highest BCUT2D eigenvalue weighted by atomic mass is 32.2. The number of rotatable bonds is 5. The molecule has 0 saturated heterocycles. The first kappa shape index (κ1) is 13.5. The first-order valence-corrected chi connectivity index (χ1v) is 6.40. The van der Waals surface area contributed by atoms with Crippen molar-refractivity contribution in [1.29, 1.82) is 0 Å². The van der Waals surface area contributed by atoms with Crippen LogP contribution in [0.1, 0.15) is 13.3 Å². The van der Waals surface area contributed by atoms with Crippen molar-refractivity contribution in [2.24, 2.45) is 5.73 Å². The summed E-state index contributed by atoms with van der Waals surface area (Å²) in [6.45, 7) is 1.52. The molecule has 17 heavy (non-hydrogen) atoms. The van der Waals surface area contributed by atoms with Crippen LogP contribution in [0.2, 0.25) is 0 Å². The van der Waals surface area contributed by atoms with E-state index in [1.54, 1.807) is 0 Å². The van der Waals surface area contributed by atoms with Gasteiger partial charge in [0.2, 0.25) is 15.9 Å². The zero-order chi connectivity index (χ0) is 13.1. The van der Waals surface area contributed by atoms with Crippen LogP contribution in [0.3, 0.4) is 0 Å². The minimum atomic E-state index is -3.84. The average molecular weight is 258 g/mol. The van der Waals surface area contributed by atoms with Gasteiger partial charge in [0, 0.05) is 12.5 Å². The number of para-hydroxylation sites is 1. The fourth-order valence-electron chi connectivity index (χ4n) is 1.36. The van der Waals surface area contributed by atoms with Crippen molar-refractivity contribution in [2.45, 2.75) is 24.3 Å². The molecular formula is C10H14N2O4S. The lowest BCUT2D eigenvalue weighted by Crippen LogP contribution is -2.35. The summed E-state index contributed by atoms with van der Waals surface area (Å²) in [6.07, 6.45) is -0.104. The van der Waals surface area contributed by atoms with Crippen LogP contribution in [0.15, 0.2) is 29.2 Å². The highest BCUT2D eigenvalue weighted by Crippen LogP contribution is 2.21. The summed E-state index contributed by atoms with van der Waals surface area (Å²) in [4.78, 5) is 10.4. The second-order valence-corrected chi connectivity index (χ2v) is 5.34. The number of nitrogens with two attached hydrogens (primary N) is 1. The summed E-state index contributed by atoms with van der Waals surface area (Å²) in [6, 6.07) is 4.92. The van der Waals surface area contributed by atoms with E-state index in [1.165, 1.54) is 31.2 Å². The number of aromatic hydroxyl groups is 1. The van der Waals surface area contributed by atoms with Gasteiger partial charge in [-0.25, -0.2) is 13.1 Å². The van der Waals surface area contributed by atoms with Gasteiger partial charge in [0.05, 0.1) is 0 Å². The van der Waals surface area contributed by atoms with Crippen LogP contribution in [0.5, 0.6) is 5.75 Å². The number of hydrogen-bond acceptors (Lipinski definition) is 4. The Bertz CT molecular complexity index is 513. The Morgan fingerprint density at radius 3 is 2.59 bits per heavy atom. The molecule has 0 spiro atoms. The smallest absolute Gasteiger partial charge is 0.244 e. The van der Waals surface area contributed by atoms with Crippen LogP contribution in [-0.4, -0.2) is 25.5 Å². The molecule has 0 bridgehead atoms. The Kier molecular flexibility index (Phi) is 4.08. The third-order valence-corrected chi connectivity index (χ3v) is 3.66. The average Bonchev–Trinajstić information content (AvgIpc) is 2.15. The van der Waals surface area contributed by atoms with E-state index in [-0.39, 0.29) is 17.1 Å². The molecule has 0 radical (unpaired) electrons. The molecule has 4 N–H and O–H groups in total. The fraction of sp³-hybridized carbons (Fsp3) is 0.300. The van der Waals surface area contributed by atoms with Gasteiger partial charge in [-0.05, 0) is 19.1 Å². The maximum atomic E-state index is 11.8. The highest BCUT2D eigenvalue weighted by molar-refractivity contribution is 7.89. The van der Waals surface area contributed by atoms with Gasteiger partial charge in [0.15, 0.2) is 0 Å². The molecule has 1 aromatic carbocycles. The van der Waals surface area contributed by atoms with Crippen molar-refractivity contribution >= 4 is 15.9 Å². The van der Waals surface area contributed by atoms with Gasteiger partial charge in [-0.3, -0.25) is 4.79 Å². The molecule has 0 heterocycles. The Hall–Kier alpha value is -1.60. The summed E-state index contributed by atoms with van der Waals surface area (Å²) < 4.78 is 25.9. The molecule has 0 aliphatic rings. The molecule has 1 amide bonds. The summed E-state index contributed by atoms with van der Waals surface area (Å²) in [7, 11) is -3.84. The number of carbonyl (C=O) groups is 1. The number of amides is 1. The molecule has 0 aliphatic carbocycles. The molecular weight excluding hydrogens is 244 g/mol. The number of phenols is 1. The van der Waals surface area contributed by atoms with E-state index in [9.17, 15) is 18.3 Å². The van der Waals surface area contributed by atoms with Crippen LogP contribution in [-0.2, 0) is 14.8 Å². The van der Waals surface area contributed by atoms with Crippen LogP contribution in [0.4, 0.5) is 0 Å². The third kappa shape index (κ3) is 3.72. The van der Waals surface area contributed by atoms with E-state index < -0.39 is 22.0 Å². The largest absolute Gasteiger partial charge is 0.507 e. The number of hydrogen-bond donors (Lipinski definition) is 3. The van der Waals surface area contributed by atoms with E-state index in [0.717, 1.165) is 0 Å². The fourth-order valence-corrected chi connectivity index (χ4v) is 2.70. The van der Waals surface area contributed by atoms with Crippen molar-refractivity contribution in [3.05, 3.63) is 24.3 Å². The van der Waals surface area contributed by atoms with Crippen LogP contribution in [0.25, 0.3) is 0 Å². The number of primary amides is 1. The lowest BCUT2D eigenvalue weighted by molar-refractivity contribution is -0.118. The number of phenolic OH excluding ortho intramolecular Hbond substituents is 1. The van der Waals surface area contributed by atoms with Gasteiger partial charge in [0.1, 0.15) is 10.6 Å². The van der Waals surface area contributed by atoms with Crippen LogP contribution < -0.4 is 10.5 Å². The standard InChI is InChI=1S/C10H14N2O4S/c1-7(6-10(11)14)12-17(15,16)9-5-3-2-4-8(9)13/h2-5,7,12-13H,6H2,1H3,(H2,11,14). The SMILES string of the molecule is CC(CC(N)=O)NS(=O)(=O)c1ccccc1O. The highest BCUT2D eigenvalue weighted by Gasteiger charge is 2.21. The maximum absolute atomic E-state index is 11.8. The Morgan fingerprint density at radius 1 is 1.47 bits per heavy atom. The number of benzene rings is 1. The van der Waals surface area contributed by atoms with E-state index in [4.69, 9.17) is 5.73 Å². The Labute approximate surface area is 99.5 Å². The predicted octanol–water partition coefficient (Wildman–Crippen LogP) is -0.0656. The van der Waals surface area contributed by atoms with Gasteiger partial charge in [-0.15, -0.1) is 0 Å². The molecule has 0 aliphatic heterocycles. The molecule has 1 unspecified atom stereocenters. The van der Waals surface area contributed by atoms with Gasteiger partial charge in [0.25, 0.3) is 0 Å². The molecule has 94 valence electrons. The van der Waals surface area contributed by atoms with Crippen molar-refractivity contribution in [3.63, 3.8) is 0 Å². The van der Waals surface area contributed by atoms with Crippen molar-refractivity contribution < 1.29 is 18.3 Å². The van der Waals surface area contributed by atoms with Crippen molar-refractivity contribution in [3.8, 4) is 5.75 Å². The first-order valence-electron chi connectivity index (χ1n) is 4.91. The summed E-state index contributed by atoms with van der Waals surface area (Å²) in [5, 5.41) is 9.43. The van der Waals surface area contributed by atoms with Crippen LogP contribution in [0, 0.1) is 0 Å². The number of carbonyl (C=O) groups excluding carboxylic acids is 1. The minimum absolute atomic E-state index is 0.104. The van der Waals surface area contributed by atoms with Gasteiger partial charge in [-0.1, -0.05) is 12.1 Å². The molecule has 0 fully saturated rings. The molecule has 1 rings (SSSR count). The van der Waals surface area contributed by atoms with E-state index in [2.05, 4.69) is 4.72 Å². The predicted molar refractivity (Wildman–Crippen MR) is 61.7 cm³/mol. The second-order valence-electron chi connectivity index (χ2n) is 3.66. The molecule has 0 saturated carbocycles. The van der Waals surface area contributed by atoms with E-state index in [1.807, 2.05) is 0 Å². The zero-order valence-electron chi connectivity index (χ0n) is 9.25. The Morgan fingerprint density at radius 2 is 2.06 bits per heavy atom. The normalized spacial score (nSPS) is 13.2. The zero-order valence-corrected chi connectivity index (χ0v) is 10.1. The van der Waals surface area contributed by atoms with Gasteiger partial charge < -0.3 is 10.8 Å². The molecule has 7 heteroatoms. The van der Waals surface area contributed by atoms with Crippen molar-refractivity contribution in [2.75, 3.05) is 0 Å². The minimum Gasteiger partial charge on any atom is -0.507 e. The summed E-state index contributed by atoms with van der Waals surface area (Å²) in [5.41, 5.74) is 4.96. The summed E-state index contributed by atoms with van der Waals surface area (Å²) >= 11 is 0. The summed E-state index contributed by atoms with van der Waals surface area (Å²) in [5.74, 6) is -0.941. The third-order valence-electron chi connectivity index (χ3n) is 2.02. The van der Waals surface area contributed by atoms with Crippen LogP contribution >= 0.6 is 0 Å². The Balaban J connectivity index is 2.90. The van der Waals surface area contributed by atoms with Crippen molar-refractivity contribution in [1.82, 2.24) is 4.72 Å². The molecule has 1 aromatic rings. The monoisotopic (exact) mass is 258 g/mol. The van der Waals surface area contributed by atoms with E-state index in [0.29, 0.717) is 0 Å². The quantitative estimate of drug-likeness (QED) is 0.687. The van der Waals surface area contributed by atoms with E-state index >= 15 is 0 Å². The van der Waals surface area contributed by atoms with Gasteiger partial charge >= 0.3 is 0 Å². The first-order chi connectivity index (χ1) is 7.83. The lowest BCUT2D eigenvalue weighted by atomic mass is 10.2. The molecule has 0 aromatic heterocycles. The topological polar surface area (TPSA) is 109 Å². The number of sulfonamides is 1. The maximum Gasteiger partial charge on any atom is 0.244 e. The second kappa shape index (κ2) is 5.15. The lowest BCUT2D eigenvalue weighted by Gasteiger charge is -2.13. The van der Waals surface area contributed by atoms with Gasteiger partial charge in [-0.2, -0.15) is 0 Å². The molecule has 1 atom stereocenters.